The summed E-state index contributed by atoms with van der Waals surface area (Å²) >= 11 is 0. The molecule has 2 heterocycles. The average Bonchev–Trinajstić information content (AvgIpc) is 2.99. The average molecular weight is 408 g/mol. The van der Waals surface area contributed by atoms with E-state index in [-0.39, 0.29) is 18.4 Å². The lowest BCUT2D eigenvalue weighted by molar-refractivity contribution is -0.139. The standard InChI is InChI=1S/C22H30F2N2O3/c1-3-5-17(6-4-2)20(27)25-11-9-22(10-12-25)15-26(21(28)29-22)14-16-7-8-18(23)19(24)13-16/h7-8,13,17H,3-6,9-12,14-15H2,1-2H3. The lowest BCUT2D eigenvalue weighted by atomic mass is 9.89. The molecule has 0 atom stereocenters. The lowest BCUT2D eigenvalue weighted by Gasteiger charge is -2.38. The number of benzene rings is 1. The zero-order valence-electron chi connectivity index (χ0n) is 17.3. The van der Waals surface area contributed by atoms with Gasteiger partial charge in [0.25, 0.3) is 0 Å². The van der Waals surface area contributed by atoms with Gasteiger partial charge in [0.15, 0.2) is 11.6 Å². The number of piperidine rings is 1. The number of nitrogens with zero attached hydrogens (tertiary/aromatic N) is 2. The Balaban J connectivity index is 1.58. The molecule has 0 unspecified atom stereocenters. The fraction of sp³-hybridized carbons (Fsp3) is 0.636. The number of carbonyl (C=O) groups excluding carboxylic acids is 2. The summed E-state index contributed by atoms with van der Waals surface area (Å²) in [5, 5.41) is 0. The summed E-state index contributed by atoms with van der Waals surface area (Å²) in [6.07, 6.45) is 4.56. The van der Waals surface area contributed by atoms with Crippen LogP contribution in [0.4, 0.5) is 13.6 Å². The molecule has 160 valence electrons. The van der Waals surface area contributed by atoms with Gasteiger partial charge in [-0.3, -0.25) is 9.69 Å². The van der Waals surface area contributed by atoms with Gasteiger partial charge in [0.1, 0.15) is 5.60 Å². The quantitative estimate of drug-likeness (QED) is 0.668. The van der Waals surface area contributed by atoms with Gasteiger partial charge in [-0.1, -0.05) is 32.8 Å². The Hall–Kier alpha value is -2.18. The molecule has 2 aliphatic rings. The second-order valence-corrected chi connectivity index (χ2v) is 8.26. The Labute approximate surface area is 171 Å². The van der Waals surface area contributed by atoms with Crippen molar-refractivity contribution in [3.63, 3.8) is 0 Å². The Morgan fingerprint density at radius 3 is 2.38 bits per heavy atom. The van der Waals surface area contributed by atoms with Crippen molar-refractivity contribution in [1.29, 1.82) is 0 Å². The first-order valence-corrected chi connectivity index (χ1v) is 10.6. The molecule has 0 aliphatic carbocycles. The van der Waals surface area contributed by atoms with Crippen molar-refractivity contribution in [1.82, 2.24) is 9.80 Å². The summed E-state index contributed by atoms with van der Waals surface area (Å²) in [7, 11) is 0. The Bertz CT molecular complexity index is 742. The number of rotatable bonds is 7. The van der Waals surface area contributed by atoms with Crippen LogP contribution in [0.1, 0.15) is 57.9 Å². The number of halogens is 2. The summed E-state index contributed by atoms with van der Waals surface area (Å²) in [4.78, 5) is 28.6. The van der Waals surface area contributed by atoms with E-state index in [0.29, 0.717) is 38.0 Å². The zero-order chi connectivity index (χ0) is 21.0. The SMILES string of the molecule is CCCC(CCC)C(=O)N1CCC2(CC1)CN(Cc1ccc(F)c(F)c1)C(=O)O2. The van der Waals surface area contributed by atoms with Gasteiger partial charge in [-0.15, -0.1) is 0 Å². The smallest absolute Gasteiger partial charge is 0.410 e. The normalized spacial score (nSPS) is 18.6. The first-order valence-electron chi connectivity index (χ1n) is 10.6. The van der Waals surface area contributed by atoms with Crippen molar-refractivity contribution in [2.75, 3.05) is 19.6 Å². The van der Waals surface area contributed by atoms with Gasteiger partial charge in [-0.2, -0.15) is 0 Å². The summed E-state index contributed by atoms with van der Waals surface area (Å²) in [6.45, 7) is 5.93. The molecule has 1 aromatic rings. The summed E-state index contributed by atoms with van der Waals surface area (Å²) in [6, 6.07) is 3.64. The highest BCUT2D eigenvalue weighted by atomic mass is 19.2. The van der Waals surface area contributed by atoms with Crippen LogP contribution >= 0.6 is 0 Å². The lowest BCUT2D eigenvalue weighted by Crippen LogP contribution is -2.50. The van der Waals surface area contributed by atoms with Gasteiger partial charge < -0.3 is 9.64 Å². The van der Waals surface area contributed by atoms with E-state index < -0.39 is 23.3 Å². The summed E-state index contributed by atoms with van der Waals surface area (Å²) in [5.41, 5.74) is -0.0789. The number of hydrogen-bond donors (Lipinski definition) is 0. The van der Waals surface area contributed by atoms with Crippen LogP contribution in [0.25, 0.3) is 0 Å². The molecule has 5 nitrogen and oxygen atoms in total. The van der Waals surface area contributed by atoms with Gasteiger partial charge in [-0.05, 0) is 30.5 Å². The van der Waals surface area contributed by atoms with Crippen LogP contribution in [0.5, 0.6) is 0 Å². The Morgan fingerprint density at radius 1 is 1.14 bits per heavy atom. The summed E-state index contributed by atoms with van der Waals surface area (Å²) < 4.78 is 32.3. The molecule has 2 amide bonds. The van der Waals surface area contributed by atoms with Crippen molar-refractivity contribution in [3.05, 3.63) is 35.4 Å². The molecular weight excluding hydrogens is 378 g/mol. The van der Waals surface area contributed by atoms with Crippen LogP contribution < -0.4 is 0 Å². The van der Waals surface area contributed by atoms with E-state index in [4.69, 9.17) is 4.74 Å². The van der Waals surface area contributed by atoms with Gasteiger partial charge in [0.05, 0.1) is 6.54 Å². The highest BCUT2D eigenvalue weighted by Gasteiger charge is 2.47. The highest BCUT2D eigenvalue weighted by molar-refractivity contribution is 5.79. The van der Waals surface area contributed by atoms with Gasteiger partial charge in [-0.25, -0.2) is 13.6 Å². The molecular formula is C22H30F2N2O3. The van der Waals surface area contributed by atoms with Gasteiger partial charge in [0.2, 0.25) is 5.91 Å². The molecule has 2 fully saturated rings. The molecule has 1 aromatic carbocycles. The van der Waals surface area contributed by atoms with E-state index >= 15 is 0 Å². The van der Waals surface area contributed by atoms with Crippen LogP contribution in [0.2, 0.25) is 0 Å². The molecule has 0 saturated carbocycles. The minimum absolute atomic E-state index is 0.0787. The fourth-order valence-corrected chi connectivity index (χ4v) is 4.41. The maximum Gasteiger partial charge on any atom is 0.410 e. The Morgan fingerprint density at radius 2 is 1.79 bits per heavy atom. The van der Waals surface area contributed by atoms with Crippen molar-refractivity contribution in [2.24, 2.45) is 5.92 Å². The Kier molecular flexibility index (Phi) is 6.75. The molecule has 1 spiro atoms. The maximum absolute atomic E-state index is 13.4. The van der Waals surface area contributed by atoms with Crippen molar-refractivity contribution >= 4 is 12.0 Å². The van der Waals surface area contributed by atoms with Crippen LogP contribution in [-0.2, 0) is 16.1 Å². The fourth-order valence-electron chi connectivity index (χ4n) is 4.41. The third-order valence-corrected chi connectivity index (χ3v) is 6.01. The van der Waals surface area contributed by atoms with E-state index in [2.05, 4.69) is 13.8 Å². The molecule has 29 heavy (non-hydrogen) atoms. The second kappa shape index (κ2) is 9.09. The monoisotopic (exact) mass is 408 g/mol. The highest BCUT2D eigenvalue weighted by Crippen LogP contribution is 2.35. The van der Waals surface area contributed by atoms with Crippen molar-refractivity contribution in [2.45, 2.75) is 64.5 Å². The van der Waals surface area contributed by atoms with Crippen molar-refractivity contribution < 1.29 is 23.1 Å². The number of hydrogen-bond acceptors (Lipinski definition) is 3. The second-order valence-electron chi connectivity index (χ2n) is 8.26. The van der Waals surface area contributed by atoms with E-state index in [1.165, 1.54) is 11.0 Å². The van der Waals surface area contributed by atoms with Gasteiger partial charge in [0, 0.05) is 38.4 Å². The first kappa shape index (κ1) is 21.5. The summed E-state index contributed by atoms with van der Waals surface area (Å²) in [5.74, 6) is -1.54. The van der Waals surface area contributed by atoms with Crippen LogP contribution in [0, 0.1) is 17.6 Å². The zero-order valence-corrected chi connectivity index (χ0v) is 17.3. The topological polar surface area (TPSA) is 49.9 Å². The minimum Gasteiger partial charge on any atom is -0.441 e. The van der Waals surface area contributed by atoms with Crippen LogP contribution in [0.3, 0.4) is 0 Å². The number of likely N-dealkylation sites (tertiary alicyclic amines) is 1. The first-order chi connectivity index (χ1) is 13.9. The number of carbonyl (C=O) groups is 2. The molecule has 3 rings (SSSR count). The maximum atomic E-state index is 13.4. The number of amides is 2. The van der Waals surface area contributed by atoms with Crippen LogP contribution in [0.15, 0.2) is 18.2 Å². The predicted octanol–water partition coefficient (Wildman–Crippen LogP) is 4.49. The van der Waals surface area contributed by atoms with E-state index in [0.717, 1.165) is 37.8 Å². The molecule has 2 aliphatic heterocycles. The molecule has 0 bridgehead atoms. The molecule has 0 N–H and O–H groups in total. The van der Waals surface area contributed by atoms with E-state index in [9.17, 15) is 18.4 Å². The molecule has 0 aromatic heterocycles. The molecule has 0 radical (unpaired) electrons. The third kappa shape index (κ3) is 4.87. The minimum atomic E-state index is -0.926. The predicted molar refractivity (Wildman–Crippen MR) is 105 cm³/mol. The molecule has 7 heteroatoms. The van der Waals surface area contributed by atoms with E-state index in [1.54, 1.807) is 0 Å². The number of ether oxygens (including phenoxy) is 1. The van der Waals surface area contributed by atoms with Crippen molar-refractivity contribution in [3.8, 4) is 0 Å². The molecule has 2 saturated heterocycles. The van der Waals surface area contributed by atoms with Gasteiger partial charge >= 0.3 is 6.09 Å². The third-order valence-electron chi connectivity index (χ3n) is 6.01. The van der Waals surface area contributed by atoms with E-state index in [1.807, 2.05) is 4.90 Å². The van der Waals surface area contributed by atoms with Crippen LogP contribution in [-0.4, -0.2) is 47.0 Å². The largest absolute Gasteiger partial charge is 0.441 e.